The first-order valence-corrected chi connectivity index (χ1v) is 10.3. The maximum atomic E-state index is 12.9. The Morgan fingerprint density at radius 1 is 1.15 bits per heavy atom. The minimum Gasteiger partial charge on any atom is -0.360 e. The molecule has 0 saturated heterocycles. The Morgan fingerprint density at radius 2 is 1.85 bits per heavy atom. The maximum Gasteiger partial charge on any atom is 0.273 e. The van der Waals surface area contributed by atoms with Crippen molar-refractivity contribution >= 4 is 44.1 Å². The van der Waals surface area contributed by atoms with Crippen molar-refractivity contribution in [2.75, 3.05) is 11.6 Å². The summed E-state index contributed by atoms with van der Waals surface area (Å²) in [4.78, 5) is 19.6. The van der Waals surface area contributed by atoms with Crippen molar-refractivity contribution in [2.45, 2.75) is 6.17 Å². The third kappa shape index (κ3) is 3.34. The number of carbonyl (C=O) groups excluding carboxylic acids is 1. The number of halogens is 1. The number of anilines is 1. The number of hydrogen-bond acceptors (Lipinski definition) is 5. The molecule has 1 atom stereocenters. The molecule has 0 radical (unpaired) electrons. The molecule has 2 N–H and O–H groups in total. The summed E-state index contributed by atoms with van der Waals surface area (Å²) < 4.78 is 23.7. The van der Waals surface area contributed by atoms with Gasteiger partial charge >= 0.3 is 0 Å². The van der Waals surface area contributed by atoms with Crippen molar-refractivity contribution in [1.29, 1.82) is 0 Å². The highest BCUT2D eigenvalue weighted by molar-refractivity contribution is 7.88. The molecule has 27 heavy (non-hydrogen) atoms. The van der Waals surface area contributed by atoms with Gasteiger partial charge in [-0.3, -0.25) is 4.79 Å². The van der Waals surface area contributed by atoms with Crippen LogP contribution in [-0.2, 0) is 10.0 Å². The molecule has 2 aromatic carbocycles. The van der Waals surface area contributed by atoms with Crippen LogP contribution in [0.25, 0.3) is 10.9 Å². The Morgan fingerprint density at radius 3 is 2.63 bits per heavy atom. The Hall–Kier alpha value is -2.68. The van der Waals surface area contributed by atoms with Gasteiger partial charge in [0.15, 0.2) is 0 Å². The van der Waals surface area contributed by atoms with Crippen LogP contribution in [0.3, 0.4) is 0 Å². The first kappa shape index (κ1) is 17.7. The molecule has 4 rings (SSSR count). The number of aromatic nitrogens is 1. The molecule has 0 spiro atoms. The van der Waals surface area contributed by atoms with Crippen LogP contribution >= 0.6 is 11.6 Å². The van der Waals surface area contributed by atoms with Gasteiger partial charge in [0.05, 0.1) is 17.3 Å². The van der Waals surface area contributed by atoms with E-state index in [1.807, 2.05) is 24.3 Å². The molecule has 1 aliphatic heterocycles. The minimum atomic E-state index is -3.70. The molecule has 0 saturated carbocycles. The van der Waals surface area contributed by atoms with Gasteiger partial charge in [0.1, 0.15) is 11.3 Å². The van der Waals surface area contributed by atoms with E-state index < -0.39 is 22.1 Å². The fourth-order valence-corrected chi connectivity index (χ4v) is 3.84. The molecule has 1 amide bonds. The Kier molecular flexibility index (Phi) is 4.26. The van der Waals surface area contributed by atoms with Crippen LogP contribution in [0.1, 0.15) is 22.1 Å². The predicted octanol–water partition coefficient (Wildman–Crippen LogP) is 2.92. The maximum absolute atomic E-state index is 12.9. The second-order valence-electron chi connectivity index (χ2n) is 6.19. The summed E-state index contributed by atoms with van der Waals surface area (Å²) in [5.41, 5.74) is 2.13. The molecule has 9 heteroatoms. The second-order valence-corrected chi connectivity index (χ2v) is 8.28. The average Bonchev–Trinajstić information content (AvgIpc) is 2.62. The van der Waals surface area contributed by atoms with Crippen LogP contribution in [0.4, 0.5) is 5.69 Å². The van der Waals surface area contributed by atoms with Crippen molar-refractivity contribution in [2.24, 2.45) is 0 Å². The first-order chi connectivity index (χ1) is 12.8. The zero-order valence-electron chi connectivity index (χ0n) is 14.2. The summed E-state index contributed by atoms with van der Waals surface area (Å²) in [7, 11) is -3.70. The van der Waals surface area contributed by atoms with Gasteiger partial charge in [-0.15, -0.1) is 4.83 Å². The quantitative estimate of drug-likeness (QED) is 0.657. The van der Waals surface area contributed by atoms with Gasteiger partial charge in [0.25, 0.3) is 5.91 Å². The molecule has 0 fully saturated rings. The van der Waals surface area contributed by atoms with Gasteiger partial charge in [-0.25, -0.2) is 18.4 Å². The van der Waals surface area contributed by atoms with Crippen molar-refractivity contribution in [3.8, 4) is 0 Å². The summed E-state index contributed by atoms with van der Waals surface area (Å²) in [5, 5.41) is 5.20. The third-order valence-electron chi connectivity index (χ3n) is 4.19. The van der Waals surface area contributed by atoms with Gasteiger partial charge in [0, 0.05) is 16.6 Å². The van der Waals surface area contributed by atoms with Gasteiger partial charge in [-0.05, 0) is 24.3 Å². The molecule has 138 valence electrons. The van der Waals surface area contributed by atoms with E-state index in [9.17, 15) is 13.2 Å². The number of fused-ring (bicyclic) bond motifs is 2. The lowest BCUT2D eigenvalue weighted by molar-refractivity contribution is 0.0633. The van der Waals surface area contributed by atoms with E-state index in [0.717, 1.165) is 16.7 Å². The number of amides is 1. The van der Waals surface area contributed by atoms with E-state index in [1.165, 1.54) is 0 Å². The predicted molar refractivity (Wildman–Crippen MR) is 104 cm³/mol. The van der Waals surface area contributed by atoms with E-state index in [2.05, 4.69) is 15.1 Å². The lowest BCUT2D eigenvalue weighted by atomic mass is 10.0. The second kappa shape index (κ2) is 6.49. The zero-order valence-corrected chi connectivity index (χ0v) is 15.8. The van der Waals surface area contributed by atoms with Crippen LogP contribution in [0.15, 0.2) is 54.6 Å². The third-order valence-corrected chi connectivity index (χ3v) is 5.02. The van der Waals surface area contributed by atoms with Crippen molar-refractivity contribution < 1.29 is 13.2 Å². The number of para-hydroxylation sites is 2. The molecule has 3 aromatic rings. The lowest BCUT2D eigenvalue weighted by Gasteiger charge is -2.37. The molecular formula is C18H15ClN4O3S. The largest absolute Gasteiger partial charge is 0.360 e. The highest BCUT2D eigenvalue weighted by Gasteiger charge is 2.36. The van der Waals surface area contributed by atoms with E-state index in [4.69, 9.17) is 11.6 Å². The Balaban J connectivity index is 1.88. The smallest absolute Gasteiger partial charge is 0.273 e. The highest BCUT2D eigenvalue weighted by Crippen LogP contribution is 2.35. The SMILES string of the molecule is CS(=O)(=O)NN1C(=O)c2ccccc2N[C@@H]1c1cc2ccccc2nc1Cl. The van der Waals surface area contributed by atoms with Crippen LogP contribution in [0.5, 0.6) is 0 Å². The number of hydrogen-bond donors (Lipinski definition) is 2. The molecular weight excluding hydrogens is 388 g/mol. The summed E-state index contributed by atoms with van der Waals surface area (Å²) in [6, 6.07) is 16.1. The van der Waals surface area contributed by atoms with Crippen molar-refractivity contribution in [3.63, 3.8) is 0 Å². The van der Waals surface area contributed by atoms with Crippen molar-refractivity contribution in [1.82, 2.24) is 14.8 Å². The zero-order chi connectivity index (χ0) is 19.2. The molecule has 0 bridgehead atoms. The summed E-state index contributed by atoms with van der Waals surface area (Å²) in [6.45, 7) is 0. The first-order valence-electron chi connectivity index (χ1n) is 8.05. The minimum absolute atomic E-state index is 0.179. The summed E-state index contributed by atoms with van der Waals surface area (Å²) in [6.07, 6.45) is 0.129. The van der Waals surface area contributed by atoms with Crippen LogP contribution < -0.4 is 10.1 Å². The fraction of sp³-hybridized carbons (Fsp3) is 0.111. The number of pyridine rings is 1. The number of nitrogens with one attached hydrogen (secondary N) is 2. The fourth-order valence-electron chi connectivity index (χ4n) is 3.04. The van der Waals surface area contributed by atoms with E-state index in [0.29, 0.717) is 22.3 Å². The van der Waals surface area contributed by atoms with Gasteiger partial charge < -0.3 is 5.32 Å². The number of benzene rings is 2. The Labute approximate surface area is 161 Å². The van der Waals surface area contributed by atoms with Crippen LogP contribution in [0, 0.1) is 0 Å². The summed E-state index contributed by atoms with van der Waals surface area (Å²) >= 11 is 6.38. The standard InChI is InChI=1S/C18H15ClN4O3S/c1-27(25,26)22-23-17(21-15-9-5-3-7-12(15)18(23)24)13-10-11-6-2-4-8-14(11)20-16(13)19/h2-10,17,21-22H,1H3/t17-/m0/s1. The van der Waals surface area contributed by atoms with E-state index in [1.54, 1.807) is 30.3 Å². The van der Waals surface area contributed by atoms with E-state index in [-0.39, 0.29) is 5.15 Å². The molecule has 2 heterocycles. The van der Waals surface area contributed by atoms with E-state index >= 15 is 0 Å². The number of hydrazine groups is 1. The van der Waals surface area contributed by atoms with Crippen LogP contribution in [0.2, 0.25) is 5.15 Å². The molecule has 7 nitrogen and oxygen atoms in total. The van der Waals surface area contributed by atoms with Gasteiger partial charge in [-0.1, -0.05) is 41.9 Å². The average molecular weight is 403 g/mol. The molecule has 0 aliphatic carbocycles. The number of carbonyl (C=O) groups is 1. The number of rotatable bonds is 3. The van der Waals surface area contributed by atoms with Gasteiger partial charge in [0.2, 0.25) is 10.0 Å². The summed E-state index contributed by atoms with van der Waals surface area (Å²) in [5.74, 6) is -0.482. The topological polar surface area (TPSA) is 91.4 Å². The highest BCUT2D eigenvalue weighted by atomic mass is 35.5. The normalized spacial score (nSPS) is 16.9. The van der Waals surface area contributed by atoms with Crippen molar-refractivity contribution in [3.05, 3.63) is 70.9 Å². The number of nitrogens with zero attached hydrogens (tertiary/aromatic N) is 2. The lowest BCUT2D eigenvalue weighted by Crippen LogP contribution is -2.52. The molecule has 1 aliphatic rings. The molecule has 0 unspecified atom stereocenters. The number of sulfonamides is 1. The monoisotopic (exact) mass is 402 g/mol. The van der Waals surface area contributed by atoms with Crippen LogP contribution in [-0.4, -0.2) is 30.6 Å². The van der Waals surface area contributed by atoms with Gasteiger partial charge in [-0.2, -0.15) is 0 Å². The molecule has 1 aromatic heterocycles. The Bertz CT molecular complexity index is 1170.